The molecule has 1 rings (SSSR count). The molecule has 1 heterocycles. The lowest BCUT2D eigenvalue weighted by Gasteiger charge is -2.23. The van der Waals surface area contributed by atoms with Crippen molar-refractivity contribution in [2.45, 2.75) is 19.4 Å². The molecule has 0 radical (unpaired) electrons. The fraction of sp³-hybridized carbons (Fsp3) is 0.556. The van der Waals surface area contributed by atoms with Gasteiger partial charge in [0.25, 0.3) is 0 Å². The van der Waals surface area contributed by atoms with E-state index in [2.05, 4.69) is 0 Å². The van der Waals surface area contributed by atoms with E-state index in [1.165, 1.54) is 7.11 Å². The van der Waals surface area contributed by atoms with Crippen LogP contribution in [0.1, 0.15) is 13.8 Å². The summed E-state index contributed by atoms with van der Waals surface area (Å²) in [6, 6.07) is 1.83. The Bertz CT molecular complexity index is 313. The van der Waals surface area contributed by atoms with Crippen LogP contribution in [-0.4, -0.2) is 25.3 Å². The van der Waals surface area contributed by atoms with Gasteiger partial charge in [-0.15, -0.1) is 0 Å². The van der Waals surface area contributed by atoms with Crippen LogP contribution in [0.3, 0.4) is 0 Å². The smallest absolute Gasteiger partial charge is 0.349 e. The van der Waals surface area contributed by atoms with E-state index in [0.717, 1.165) is 0 Å². The number of carbonyl (C=O) groups is 1. The Morgan fingerprint density at radius 1 is 1.69 bits per heavy atom. The van der Waals surface area contributed by atoms with Crippen molar-refractivity contribution >= 4 is 5.97 Å². The first kappa shape index (κ1) is 9.75. The Kier molecular flexibility index (Phi) is 2.39. The quantitative estimate of drug-likeness (QED) is 0.591. The monoisotopic (exact) mass is 181 g/mol. The normalized spacial score (nSPS) is 27.4. The number of ether oxygens (including phenoxy) is 2. The number of cyclic esters (lactones) is 1. The Labute approximate surface area is 76.7 Å². The molecule has 70 valence electrons. The summed E-state index contributed by atoms with van der Waals surface area (Å²) in [6.45, 7) is 3.71. The molecule has 1 atom stereocenters. The van der Waals surface area contributed by atoms with Gasteiger partial charge in [-0.2, -0.15) is 5.26 Å². The van der Waals surface area contributed by atoms with Crippen LogP contribution in [0.2, 0.25) is 0 Å². The van der Waals surface area contributed by atoms with E-state index in [9.17, 15) is 4.79 Å². The molecule has 0 N–H and O–H groups in total. The second kappa shape index (κ2) is 3.19. The molecule has 0 bridgehead atoms. The molecular formula is C9H11NO3. The molecule has 0 saturated heterocycles. The third-order valence-corrected chi connectivity index (χ3v) is 2.22. The average Bonchev–Trinajstić information content (AvgIpc) is 2.24. The van der Waals surface area contributed by atoms with Gasteiger partial charge in [0.1, 0.15) is 11.6 Å². The molecule has 1 unspecified atom stereocenters. The van der Waals surface area contributed by atoms with Crippen molar-refractivity contribution in [1.82, 2.24) is 0 Å². The van der Waals surface area contributed by atoms with E-state index < -0.39 is 11.6 Å². The van der Waals surface area contributed by atoms with Crippen LogP contribution in [0.15, 0.2) is 11.1 Å². The van der Waals surface area contributed by atoms with Crippen molar-refractivity contribution in [2.24, 2.45) is 0 Å². The van der Waals surface area contributed by atoms with Crippen molar-refractivity contribution in [3.8, 4) is 6.07 Å². The molecule has 0 aromatic heterocycles. The minimum Gasteiger partial charge on any atom is -0.448 e. The van der Waals surface area contributed by atoms with Crippen LogP contribution >= 0.6 is 0 Å². The van der Waals surface area contributed by atoms with Crippen LogP contribution in [-0.2, 0) is 14.3 Å². The van der Waals surface area contributed by atoms with Gasteiger partial charge in [-0.05, 0) is 19.4 Å². The van der Waals surface area contributed by atoms with Gasteiger partial charge in [0, 0.05) is 7.11 Å². The number of hydrogen-bond acceptors (Lipinski definition) is 4. The molecule has 1 aliphatic rings. The van der Waals surface area contributed by atoms with Crippen molar-refractivity contribution in [3.05, 3.63) is 11.1 Å². The molecule has 4 heteroatoms. The molecule has 0 aromatic rings. The second-order valence-electron chi connectivity index (χ2n) is 3.17. The molecule has 13 heavy (non-hydrogen) atoms. The predicted octanol–water partition coefficient (Wildman–Crippen LogP) is 0.788. The fourth-order valence-electron chi connectivity index (χ4n) is 1.29. The molecule has 0 aromatic carbocycles. The highest BCUT2D eigenvalue weighted by Gasteiger charge is 2.41. The lowest BCUT2D eigenvalue weighted by Crippen LogP contribution is -2.32. The summed E-state index contributed by atoms with van der Waals surface area (Å²) in [5.74, 6) is -0.556. The van der Waals surface area contributed by atoms with Gasteiger partial charge in [0.05, 0.1) is 6.61 Å². The summed E-state index contributed by atoms with van der Waals surface area (Å²) in [5, 5.41) is 8.66. The molecule has 0 aliphatic carbocycles. The largest absolute Gasteiger partial charge is 0.448 e. The maximum absolute atomic E-state index is 11.1. The first-order valence-corrected chi connectivity index (χ1v) is 3.89. The molecular weight excluding hydrogens is 170 g/mol. The summed E-state index contributed by atoms with van der Waals surface area (Å²) >= 11 is 0. The highest BCUT2D eigenvalue weighted by Crippen LogP contribution is 2.31. The number of carbonyl (C=O) groups excluding carboxylic acids is 1. The Balaban J connectivity index is 3.04. The van der Waals surface area contributed by atoms with Crippen molar-refractivity contribution in [2.75, 3.05) is 13.7 Å². The molecule has 0 saturated carbocycles. The summed E-state index contributed by atoms with van der Waals surface area (Å²) in [5.41, 5.74) is -0.0296. The SMILES string of the molecule is COCC1(C)OC(=O)C(C#N)=C1C. The predicted molar refractivity (Wildman–Crippen MR) is 44.7 cm³/mol. The minimum absolute atomic E-state index is 0.0968. The lowest BCUT2D eigenvalue weighted by molar-refractivity contribution is -0.148. The summed E-state index contributed by atoms with van der Waals surface area (Å²) < 4.78 is 9.96. The van der Waals surface area contributed by atoms with Gasteiger partial charge in [-0.3, -0.25) is 0 Å². The molecule has 0 spiro atoms. The Morgan fingerprint density at radius 2 is 2.31 bits per heavy atom. The Morgan fingerprint density at radius 3 is 2.69 bits per heavy atom. The lowest BCUT2D eigenvalue weighted by atomic mass is 9.97. The topological polar surface area (TPSA) is 59.3 Å². The number of hydrogen-bond donors (Lipinski definition) is 0. The third kappa shape index (κ3) is 1.43. The minimum atomic E-state index is -0.767. The summed E-state index contributed by atoms with van der Waals surface area (Å²) in [4.78, 5) is 11.1. The first-order chi connectivity index (χ1) is 6.05. The van der Waals surface area contributed by atoms with Crippen molar-refractivity contribution < 1.29 is 14.3 Å². The van der Waals surface area contributed by atoms with E-state index in [4.69, 9.17) is 14.7 Å². The second-order valence-corrected chi connectivity index (χ2v) is 3.17. The maximum atomic E-state index is 11.1. The van der Waals surface area contributed by atoms with Gasteiger partial charge in [-0.1, -0.05) is 0 Å². The van der Waals surface area contributed by atoms with Crippen molar-refractivity contribution in [3.63, 3.8) is 0 Å². The maximum Gasteiger partial charge on any atom is 0.349 e. The fourth-order valence-corrected chi connectivity index (χ4v) is 1.29. The molecule has 1 aliphatic heterocycles. The molecule has 0 amide bonds. The van der Waals surface area contributed by atoms with E-state index in [0.29, 0.717) is 5.57 Å². The van der Waals surface area contributed by atoms with Gasteiger partial charge < -0.3 is 9.47 Å². The van der Waals surface area contributed by atoms with E-state index >= 15 is 0 Å². The van der Waals surface area contributed by atoms with Gasteiger partial charge in [-0.25, -0.2) is 4.79 Å². The summed E-state index contributed by atoms with van der Waals surface area (Å²) in [6.07, 6.45) is 0. The van der Waals surface area contributed by atoms with Gasteiger partial charge in [0.2, 0.25) is 0 Å². The van der Waals surface area contributed by atoms with Crippen LogP contribution < -0.4 is 0 Å². The molecule has 0 fully saturated rings. The van der Waals surface area contributed by atoms with Crippen LogP contribution in [0, 0.1) is 11.3 Å². The summed E-state index contributed by atoms with van der Waals surface area (Å²) in [7, 11) is 1.52. The number of nitriles is 1. The third-order valence-electron chi connectivity index (χ3n) is 2.22. The number of methoxy groups -OCH3 is 1. The van der Waals surface area contributed by atoms with Crippen LogP contribution in [0.4, 0.5) is 0 Å². The van der Waals surface area contributed by atoms with E-state index in [1.54, 1.807) is 13.8 Å². The zero-order chi connectivity index (χ0) is 10.1. The van der Waals surface area contributed by atoms with Crippen LogP contribution in [0.5, 0.6) is 0 Å². The Hall–Kier alpha value is -1.34. The van der Waals surface area contributed by atoms with E-state index in [-0.39, 0.29) is 12.2 Å². The highest BCUT2D eigenvalue weighted by molar-refractivity contribution is 5.96. The zero-order valence-corrected chi connectivity index (χ0v) is 7.88. The van der Waals surface area contributed by atoms with Gasteiger partial charge in [0.15, 0.2) is 5.60 Å². The number of rotatable bonds is 2. The van der Waals surface area contributed by atoms with E-state index in [1.807, 2.05) is 6.07 Å². The number of nitrogens with zero attached hydrogens (tertiary/aromatic N) is 1. The highest BCUT2D eigenvalue weighted by atomic mass is 16.6. The molecule has 4 nitrogen and oxygen atoms in total. The first-order valence-electron chi connectivity index (χ1n) is 3.89. The number of esters is 1. The van der Waals surface area contributed by atoms with Crippen molar-refractivity contribution in [1.29, 1.82) is 5.26 Å². The van der Waals surface area contributed by atoms with Gasteiger partial charge >= 0.3 is 5.97 Å². The zero-order valence-electron chi connectivity index (χ0n) is 7.88. The van der Waals surface area contributed by atoms with Crippen LogP contribution in [0.25, 0.3) is 0 Å². The average molecular weight is 181 g/mol. The standard InChI is InChI=1S/C9H11NO3/c1-6-7(4-10)8(11)13-9(6,2)5-12-3/h5H2,1-3H3.